The molecule has 0 aliphatic rings. The molecule has 0 bridgehead atoms. The Hall–Kier alpha value is -0.910. The van der Waals surface area contributed by atoms with Gasteiger partial charge >= 0.3 is 0 Å². The van der Waals surface area contributed by atoms with Crippen molar-refractivity contribution in [2.24, 2.45) is 7.05 Å². The molecule has 0 saturated carbocycles. The predicted molar refractivity (Wildman–Crippen MR) is 76.3 cm³/mol. The summed E-state index contributed by atoms with van der Waals surface area (Å²) in [6, 6.07) is 0.383. The van der Waals surface area contributed by atoms with E-state index < -0.39 is 0 Å². The number of nitrogens with zero attached hydrogens (tertiary/aromatic N) is 2. The second-order valence-corrected chi connectivity index (χ2v) is 4.71. The van der Waals surface area contributed by atoms with Crippen molar-refractivity contribution < 1.29 is 9.47 Å². The molecule has 5 heteroatoms. The van der Waals surface area contributed by atoms with Crippen LogP contribution in [0.25, 0.3) is 0 Å². The van der Waals surface area contributed by atoms with Gasteiger partial charge in [0.1, 0.15) is 5.82 Å². The summed E-state index contributed by atoms with van der Waals surface area (Å²) in [6.07, 6.45) is 6.98. The number of hydrogen-bond acceptors (Lipinski definition) is 4. The molecule has 0 radical (unpaired) electrons. The Morgan fingerprint density at radius 1 is 1.42 bits per heavy atom. The van der Waals surface area contributed by atoms with Gasteiger partial charge in [-0.2, -0.15) is 0 Å². The monoisotopic (exact) mass is 269 g/mol. The van der Waals surface area contributed by atoms with Crippen LogP contribution in [0.4, 0.5) is 0 Å². The minimum absolute atomic E-state index is 0.383. The van der Waals surface area contributed by atoms with E-state index in [1.165, 1.54) is 0 Å². The zero-order valence-electron chi connectivity index (χ0n) is 12.4. The lowest BCUT2D eigenvalue weighted by molar-refractivity contribution is 0.0574. The molecule has 1 unspecified atom stereocenters. The van der Waals surface area contributed by atoms with E-state index >= 15 is 0 Å². The fraction of sp³-hybridized carbons (Fsp3) is 0.786. The van der Waals surface area contributed by atoms with Crippen molar-refractivity contribution in [1.82, 2.24) is 14.9 Å². The minimum atomic E-state index is 0.383. The molecule has 0 saturated heterocycles. The van der Waals surface area contributed by atoms with Gasteiger partial charge in [-0.25, -0.2) is 4.98 Å². The molecule has 0 aliphatic heterocycles. The molecule has 1 aromatic heterocycles. The summed E-state index contributed by atoms with van der Waals surface area (Å²) < 4.78 is 12.7. The van der Waals surface area contributed by atoms with Gasteiger partial charge in [0, 0.05) is 39.0 Å². The van der Waals surface area contributed by atoms with Gasteiger partial charge < -0.3 is 19.4 Å². The summed E-state index contributed by atoms with van der Waals surface area (Å²) >= 11 is 0. The van der Waals surface area contributed by atoms with E-state index in [0.717, 1.165) is 38.2 Å². The van der Waals surface area contributed by atoms with E-state index in [1.54, 1.807) is 7.11 Å². The molecule has 1 aromatic rings. The van der Waals surface area contributed by atoms with Crippen molar-refractivity contribution in [3.05, 3.63) is 18.2 Å². The molecular weight excluding hydrogens is 242 g/mol. The molecule has 0 aliphatic carbocycles. The SMILES string of the molecule is CCCNC(CCc1nccn1C)COCCOC. The maximum Gasteiger partial charge on any atom is 0.108 e. The summed E-state index contributed by atoms with van der Waals surface area (Å²) in [4.78, 5) is 4.35. The van der Waals surface area contributed by atoms with Crippen LogP contribution < -0.4 is 5.32 Å². The molecule has 5 nitrogen and oxygen atoms in total. The fourth-order valence-corrected chi connectivity index (χ4v) is 1.90. The normalized spacial score (nSPS) is 12.8. The zero-order chi connectivity index (χ0) is 13.9. The van der Waals surface area contributed by atoms with Gasteiger partial charge in [-0.3, -0.25) is 0 Å². The molecule has 0 fully saturated rings. The lowest BCUT2D eigenvalue weighted by Crippen LogP contribution is -2.35. The lowest BCUT2D eigenvalue weighted by atomic mass is 10.1. The topological polar surface area (TPSA) is 48.3 Å². The number of methoxy groups -OCH3 is 1. The average molecular weight is 269 g/mol. The Balaban J connectivity index is 2.29. The van der Waals surface area contributed by atoms with Crippen molar-refractivity contribution in [1.29, 1.82) is 0 Å². The molecule has 0 amide bonds. The van der Waals surface area contributed by atoms with Gasteiger partial charge in [0.15, 0.2) is 0 Å². The lowest BCUT2D eigenvalue weighted by Gasteiger charge is -2.18. The number of ether oxygens (including phenoxy) is 2. The molecule has 1 rings (SSSR count). The van der Waals surface area contributed by atoms with Crippen LogP contribution in [0.15, 0.2) is 12.4 Å². The highest BCUT2D eigenvalue weighted by atomic mass is 16.5. The van der Waals surface area contributed by atoms with Gasteiger partial charge in [0.25, 0.3) is 0 Å². The quantitative estimate of drug-likeness (QED) is 0.617. The third kappa shape index (κ3) is 6.71. The minimum Gasteiger partial charge on any atom is -0.382 e. The maximum atomic E-state index is 5.62. The third-order valence-electron chi connectivity index (χ3n) is 3.07. The van der Waals surface area contributed by atoms with Crippen LogP contribution in [-0.4, -0.2) is 49.1 Å². The number of imidazole rings is 1. The van der Waals surface area contributed by atoms with E-state index in [0.29, 0.717) is 19.3 Å². The van der Waals surface area contributed by atoms with Gasteiger partial charge in [-0.15, -0.1) is 0 Å². The fourth-order valence-electron chi connectivity index (χ4n) is 1.90. The van der Waals surface area contributed by atoms with Crippen LogP contribution in [0.2, 0.25) is 0 Å². The molecule has 1 atom stereocenters. The molecule has 1 N–H and O–H groups in total. The van der Waals surface area contributed by atoms with Crippen LogP contribution in [0.3, 0.4) is 0 Å². The summed E-state index contributed by atoms with van der Waals surface area (Å²) in [5.41, 5.74) is 0. The molecular formula is C14H27N3O2. The Bertz CT molecular complexity index is 328. The first-order valence-corrected chi connectivity index (χ1v) is 7.04. The van der Waals surface area contributed by atoms with E-state index in [4.69, 9.17) is 9.47 Å². The molecule has 0 aromatic carbocycles. The first-order valence-electron chi connectivity index (χ1n) is 7.04. The maximum absolute atomic E-state index is 5.62. The molecule has 0 spiro atoms. The van der Waals surface area contributed by atoms with Crippen LogP contribution >= 0.6 is 0 Å². The van der Waals surface area contributed by atoms with Gasteiger partial charge in [0.2, 0.25) is 0 Å². The van der Waals surface area contributed by atoms with Crippen molar-refractivity contribution in [3.63, 3.8) is 0 Å². The second kappa shape index (κ2) is 9.95. The van der Waals surface area contributed by atoms with E-state index in [9.17, 15) is 0 Å². The van der Waals surface area contributed by atoms with E-state index in [1.807, 2.05) is 19.4 Å². The number of aromatic nitrogens is 2. The Morgan fingerprint density at radius 2 is 2.26 bits per heavy atom. The standard InChI is InChI=1S/C14H27N3O2/c1-4-7-15-13(12-19-11-10-18-3)5-6-14-16-8-9-17(14)2/h8-9,13,15H,4-7,10-12H2,1-3H3. The van der Waals surface area contributed by atoms with E-state index in [2.05, 4.69) is 21.8 Å². The smallest absolute Gasteiger partial charge is 0.108 e. The first kappa shape index (κ1) is 16.1. The van der Waals surface area contributed by atoms with Crippen LogP contribution in [0.5, 0.6) is 0 Å². The number of rotatable bonds is 11. The molecule has 110 valence electrons. The van der Waals surface area contributed by atoms with E-state index in [-0.39, 0.29) is 0 Å². The van der Waals surface area contributed by atoms with Crippen LogP contribution in [0.1, 0.15) is 25.6 Å². The Labute approximate surface area is 116 Å². The Morgan fingerprint density at radius 3 is 2.89 bits per heavy atom. The largest absolute Gasteiger partial charge is 0.382 e. The second-order valence-electron chi connectivity index (χ2n) is 4.71. The van der Waals surface area contributed by atoms with Crippen molar-refractivity contribution in [2.45, 2.75) is 32.2 Å². The summed E-state index contributed by atoms with van der Waals surface area (Å²) in [5.74, 6) is 1.13. The van der Waals surface area contributed by atoms with Gasteiger partial charge in [-0.05, 0) is 19.4 Å². The van der Waals surface area contributed by atoms with Gasteiger partial charge in [-0.1, -0.05) is 6.92 Å². The van der Waals surface area contributed by atoms with Crippen molar-refractivity contribution in [3.8, 4) is 0 Å². The highest BCUT2D eigenvalue weighted by Crippen LogP contribution is 2.03. The van der Waals surface area contributed by atoms with Crippen molar-refractivity contribution >= 4 is 0 Å². The van der Waals surface area contributed by atoms with Crippen LogP contribution in [0, 0.1) is 0 Å². The van der Waals surface area contributed by atoms with Crippen LogP contribution in [-0.2, 0) is 22.9 Å². The summed E-state index contributed by atoms with van der Waals surface area (Å²) in [7, 11) is 3.73. The number of nitrogens with one attached hydrogen (secondary N) is 1. The highest BCUT2D eigenvalue weighted by Gasteiger charge is 2.10. The summed E-state index contributed by atoms with van der Waals surface area (Å²) in [5, 5.41) is 3.53. The highest BCUT2D eigenvalue weighted by molar-refractivity contribution is 4.92. The average Bonchev–Trinajstić information content (AvgIpc) is 2.82. The Kier molecular flexibility index (Phi) is 8.45. The number of aryl methyl sites for hydroxylation is 2. The number of hydrogen-bond donors (Lipinski definition) is 1. The van der Waals surface area contributed by atoms with Crippen molar-refractivity contribution in [2.75, 3.05) is 33.5 Å². The molecule has 19 heavy (non-hydrogen) atoms. The molecule has 1 heterocycles. The van der Waals surface area contributed by atoms with Gasteiger partial charge in [0.05, 0.1) is 19.8 Å². The third-order valence-corrected chi connectivity index (χ3v) is 3.07. The summed E-state index contributed by atoms with van der Waals surface area (Å²) in [6.45, 7) is 5.24. The first-order chi connectivity index (χ1) is 9.27. The zero-order valence-corrected chi connectivity index (χ0v) is 12.4. The predicted octanol–water partition coefficient (Wildman–Crippen LogP) is 1.38.